The van der Waals surface area contributed by atoms with Crippen molar-refractivity contribution in [1.29, 1.82) is 5.26 Å². The van der Waals surface area contributed by atoms with Crippen molar-refractivity contribution in [2.75, 3.05) is 5.32 Å². The third-order valence-corrected chi connectivity index (χ3v) is 3.89. The number of rotatable bonds is 2. The van der Waals surface area contributed by atoms with Crippen molar-refractivity contribution in [3.8, 4) is 6.07 Å². The van der Waals surface area contributed by atoms with Crippen LogP contribution in [0.15, 0.2) is 24.3 Å². The molecule has 96 valence electrons. The second-order valence-electron chi connectivity index (χ2n) is 4.11. The van der Waals surface area contributed by atoms with Gasteiger partial charge in [-0.1, -0.05) is 0 Å². The fraction of sp³-hybridized carbons (Fsp3) is 0.143. The summed E-state index contributed by atoms with van der Waals surface area (Å²) in [5.41, 5.74) is 1.33. The largest absolute Gasteiger partial charge is 0.319 e. The van der Waals surface area contributed by atoms with Crippen LogP contribution in [0.2, 0.25) is 0 Å². The van der Waals surface area contributed by atoms with E-state index in [0.29, 0.717) is 4.88 Å². The number of carbonyl (C=O) groups excluding carboxylic acids is 1. The van der Waals surface area contributed by atoms with Gasteiger partial charge in [-0.3, -0.25) is 4.79 Å². The summed E-state index contributed by atoms with van der Waals surface area (Å²) in [5, 5.41) is 11.1. The Morgan fingerprint density at radius 3 is 2.63 bits per heavy atom. The molecular weight excluding hydrogens is 263 g/mol. The molecule has 19 heavy (non-hydrogen) atoms. The molecule has 1 N–H and O–H groups in total. The molecule has 0 atom stereocenters. The molecular formula is C14H11FN2OS. The first-order valence-corrected chi connectivity index (χ1v) is 6.41. The summed E-state index contributed by atoms with van der Waals surface area (Å²) < 4.78 is 13.6. The van der Waals surface area contributed by atoms with Gasteiger partial charge >= 0.3 is 0 Å². The van der Waals surface area contributed by atoms with E-state index >= 15 is 0 Å². The van der Waals surface area contributed by atoms with E-state index in [4.69, 9.17) is 5.26 Å². The van der Waals surface area contributed by atoms with Gasteiger partial charge in [-0.25, -0.2) is 4.39 Å². The average molecular weight is 274 g/mol. The highest BCUT2D eigenvalue weighted by atomic mass is 32.1. The summed E-state index contributed by atoms with van der Waals surface area (Å²) in [5.74, 6) is -0.956. The molecule has 1 heterocycles. The van der Waals surface area contributed by atoms with Crippen molar-refractivity contribution in [3.05, 3.63) is 51.0 Å². The SMILES string of the molecule is Cc1cc(C(=O)Nc2ccc(C#N)cc2F)sc1C. The molecule has 1 amide bonds. The first-order valence-electron chi connectivity index (χ1n) is 5.59. The zero-order valence-electron chi connectivity index (χ0n) is 10.5. The summed E-state index contributed by atoms with van der Waals surface area (Å²) in [6, 6.07) is 7.56. The smallest absolute Gasteiger partial charge is 0.265 e. The second-order valence-corrected chi connectivity index (χ2v) is 5.37. The number of nitrogens with one attached hydrogen (secondary N) is 1. The molecule has 1 aromatic heterocycles. The van der Waals surface area contributed by atoms with Gasteiger partial charge in [0.15, 0.2) is 0 Å². The molecule has 0 fully saturated rings. The molecule has 0 bridgehead atoms. The van der Waals surface area contributed by atoms with E-state index in [1.54, 1.807) is 6.07 Å². The molecule has 0 radical (unpaired) electrons. The Morgan fingerprint density at radius 2 is 2.11 bits per heavy atom. The van der Waals surface area contributed by atoms with Crippen LogP contribution in [0.1, 0.15) is 25.7 Å². The zero-order valence-corrected chi connectivity index (χ0v) is 11.3. The van der Waals surface area contributed by atoms with Gasteiger partial charge in [-0.15, -0.1) is 11.3 Å². The summed E-state index contributed by atoms with van der Waals surface area (Å²) in [6.45, 7) is 3.85. The van der Waals surface area contributed by atoms with Crippen molar-refractivity contribution in [3.63, 3.8) is 0 Å². The number of hydrogen-bond acceptors (Lipinski definition) is 3. The fourth-order valence-electron chi connectivity index (χ4n) is 1.56. The van der Waals surface area contributed by atoms with Gasteiger partial charge in [0.2, 0.25) is 0 Å². The van der Waals surface area contributed by atoms with Gasteiger partial charge in [0.25, 0.3) is 5.91 Å². The number of thiophene rings is 1. The number of nitrogens with zero attached hydrogens (tertiary/aromatic N) is 1. The lowest BCUT2D eigenvalue weighted by Crippen LogP contribution is -2.11. The Bertz CT molecular complexity index is 666. The van der Waals surface area contributed by atoms with Gasteiger partial charge in [0.05, 0.1) is 22.2 Å². The van der Waals surface area contributed by atoms with Crippen LogP contribution in [0.5, 0.6) is 0 Å². The molecule has 0 aliphatic rings. The number of halogens is 1. The predicted molar refractivity (Wildman–Crippen MR) is 72.9 cm³/mol. The minimum atomic E-state index is -0.614. The van der Waals surface area contributed by atoms with E-state index in [9.17, 15) is 9.18 Å². The van der Waals surface area contributed by atoms with Crippen molar-refractivity contribution >= 4 is 22.9 Å². The summed E-state index contributed by atoms with van der Waals surface area (Å²) in [6.07, 6.45) is 0. The molecule has 0 unspecified atom stereocenters. The zero-order chi connectivity index (χ0) is 14.0. The van der Waals surface area contributed by atoms with Crippen LogP contribution in [0, 0.1) is 31.0 Å². The Hall–Kier alpha value is -2.19. The van der Waals surface area contributed by atoms with Gasteiger partial charge in [0.1, 0.15) is 5.82 Å². The summed E-state index contributed by atoms with van der Waals surface area (Å²) >= 11 is 1.37. The highest BCUT2D eigenvalue weighted by Crippen LogP contribution is 2.22. The van der Waals surface area contributed by atoms with Gasteiger partial charge in [-0.2, -0.15) is 5.26 Å². The maximum Gasteiger partial charge on any atom is 0.265 e. The molecule has 1 aromatic carbocycles. The predicted octanol–water partition coefficient (Wildman–Crippen LogP) is 3.63. The molecule has 2 aromatic rings. The molecule has 0 saturated heterocycles. The molecule has 0 spiro atoms. The molecule has 0 saturated carbocycles. The maximum absolute atomic E-state index is 13.6. The van der Waals surface area contributed by atoms with Crippen LogP contribution < -0.4 is 5.32 Å². The van der Waals surface area contributed by atoms with E-state index in [0.717, 1.165) is 16.5 Å². The summed E-state index contributed by atoms with van der Waals surface area (Å²) in [4.78, 5) is 13.6. The number of aryl methyl sites for hydroxylation is 2. The topological polar surface area (TPSA) is 52.9 Å². The lowest BCUT2D eigenvalue weighted by Gasteiger charge is -2.04. The minimum absolute atomic E-state index is 0.0766. The molecule has 0 aliphatic carbocycles. The third-order valence-electron chi connectivity index (χ3n) is 2.74. The lowest BCUT2D eigenvalue weighted by molar-refractivity contribution is 0.103. The molecule has 0 aliphatic heterocycles. The number of hydrogen-bond donors (Lipinski definition) is 1. The molecule has 2 rings (SSSR count). The van der Waals surface area contributed by atoms with Crippen molar-refractivity contribution in [2.24, 2.45) is 0 Å². The third kappa shape index (κ3) is 2.80. The number of anilines is 1. The van der Waals surface area contributed by atoms with E-state index in [2.05, 4.69) is 5.32 Å². The van der Waals surface area contributed by atoms with E-state index in [1.165, 1.54) is 23.5 Å². The standard InChI is InChI=1S/C14H11FN2OS/c1-8-5-13(19-9(8)2)14(18)17-12-4-3-10(7-16)6-11(12)15/h3-6H,1-2H3,(H,17,18). The Labute approximate surface area is 114 Å². The number of amides is 1. The normalized spacial score (nSPS) is 10.0. The molecule has 5 heteroatoms. The van der Waals surface area contributed by atoms with Crippen LogP contribution in [0.4, 0.5) is 10.1 Å². The van der Waals surface area contributed by atoms with Crippen molar-refractivity contribution in [2.45, 2.75) is 13.8 Å². The van der Waals surface area contributed by atoms with E-state index < -0.39 is 5.82 Å². The fourth-order valence-corrected chi connectivity index (χ4v) is 2.48. The highest BCUT2D eigenvalue weighted by Gasteiger charge is 2.13. The van der Waals surface area contributed by atoms with E-state index in [1.807, 2.05) is 19.9 Å². The minimum Gasteiger partial charge on any atom is -0.319 e. The van der Waals surface area contributed by atoms with Crippen molar-refractivity contribution in [1.82, 2.24) is 0 Å². The lowest BCUT2D eigenvalue weighted by atomic mass is 10.2. The van der Waals surface area contributed by atoms with E-state index in [-0.39, 0.29) is 17.2 Å². The van der Waals surface area contributed by atoms with Gasteiger partial charge < -0.3 is 5.32 Å². The Kier molecular flexibility index (Phi) is 3.63. The van der Waals surface area contributed by atoms with Crippen LogP contribution in [-0.2, 0) is 0 Å². The number of carbonyl (C=O) groups is 1. The first kappa shape index (κ1) is 13.2. The second kappa shape index (κ2) is 5.21. The Morgan fingerprint density at radius 1 is 1.37 bits per heavy atom. The quantitative estimate of drug-likeness (QED) is 0.909. The monoisotopic (exact) mass is 274 g/mol. The maximum atomic E-state index is 13.6. The van der Waals surface area contributed by atoms with Crippen LogP contribution in [0.3, 0.4) is 0 Å². The Balaban J connectivity index is 2.22. The van der Waals surface area contributed by atoms with Crippen molar-refractivity contribution < 1.29 is 9.18 Å². The van der Waals surface area contributed by atoms with Crippen LogP contribution in [-0.4, -0.2) is 5.91 Å². The van der Waals surface area contributed by atoms with Gasteiger partial charge in [0, 0.05) is 4.88 Å². The average Bonchev–Trinajstić information content (AvgIpc) is 2.72. The van der Waals surface area contributed by atoms with Crippen LogP contribution >= 0.6 is 11.3 Å². The van der Waals surface area contributed by atoms with Gasteiger partial charge in [-0.05, 0) is 43.7 Å². The first-order chi connectivity index (χ1) is 9.01. The van der Waals surface area contributed by atoms with Crippen LogP contribution in [0.25, 0.3) is 0 Å². The number of benzene rings is 1. The highest BCUT2D eigenvalue weighted by molar-refractivity contribution is 7.14. The number of nitriles is 1. The molecule has 3 nitrogen and oxygen atoms in total. The summed E-state index contributed by atoms with van der Waals surface area (Å²) in [7, 11) is 0.